The van der Waals surface area contributed by atoms with Gasteiger partial charge in [-0.2, -0.15) is 0 Å². The first-order valence-corrected chi connectivity index (χ1v) is 8.54. The summed E-state index contributed by atoms with van der Waals surface area (Å²) in [5, 5.41) is 8.53. The van der Waals surface area contributed by atoms with Gasteiger partial charge in [-0.3, -0.25) is 29.3 Å². The molecule has 0 atom stereocenters. The van der Waals surface area contributed by atoms with Crippen LogP contribution in [0.3, 0.4) is 0 Å². The standard InChI is InChI=1S/C18H20N2O6/c21-14(15(22)19-25)10-26-18(8-4-1-5-9-18)11-20-16(23)12-6-2-3-7-13(12)17(20)24/h2-3,6-7,25H,1,4-5,8-11H2,(H,19,22). The van der Waals surface area contributed by atoms with Crippen LogP contribution in [0.4, 0.5) is 0 Å². The number of amides is 3. The van der Waals surface area contributed by atoms with Crippen molar-refractivity contribution in [2.24, 2.45) is 0 Å². The Bertz CT molecular complexity index is 719. The quantitative estimate of drug-likeness (QED) is 0.340. The van der Waals surface area contributed by atoms with Crippen molar-refractivity contribution in [1.82, 2.24) is 10.4 Å². The molecule has 1 aromatic rings. The summed E-state index contributed by atoms with van der Waals surface area (Å²) in [6.07, 6.45) is 3.83. The summed E-state index contributed by atoms with van der Waals surface area (Å²) in [5.74, 6) is -2.83. The van der Waals surface area contributed by atoms with E-state index in [4.69, 9.17) is 9.94 Å². The molecule has 1 aliphatic carbocycles. The van der Waals surface area contributed by atoms with E-state index in [0.717, 1.165) is 24.2 Å². The lowest BCUT2D eigenvalue weighted by Crippen LogP contribution is -2.49. The van der Waals surface area contributed by atoms with Crippen LogP contribution in [0.2, 0.25) is 0 Å². The maximum Gasteiger partial charge on any atom is 0.313 e. The van der Waals surface area contributed by atoms with Crippen molar-refractivity contribution in [2.45, 2.75) is 37.7 Å². The lowest BCUT2D eigenvalue weighted by atomic mass is 9.84. The van der Waals surface area contributed by atoms with Gasteiger partial charge in [0.15, 0.2) is 0 Å². The molecule has 2 aliphatic rings. The Hall–Kier alpha value is -2.58. The Morgan fingerprint density at radius 1 is 1.08 bits per heavy atom. The van der Waals surface area contributed by atoms with Crippen LogP contribution >= 0.6 is 0 Å². The Morgan fingerprint density at radius 2 is 1.65 bits per heavy atom. The van der Waals surface area contributed by atoms with Gasteiger partial charge in [-0.25, -0.2) is 5.48 Å². The van der Waals surface area contributed by atoms with E-state index in [2.05, 4.69) is 0 Å². The fraction of sp³-hybridized carbons (Fsp3) is 0.444. The molecule has 1 heterocycles. The number of hydroxylamine groups is 1. The third kappa shape index (κ3) is 3.38. The second kappa shape index (κ2) is 7.35. The Labute approximate surface area is 150 Å². The summed E-state index contributed by atoms with van der Waals surface area (Å²) >= 11 is 0. The molecule has 0 saturated heterocycles. The van der Waals surface area contributed by atoms with E-state index < -0.39 is 23.9 Å². The van der Waals surface area contributed by atoms with Crippen LogP contribution in [0.15, 0.2) is 24.3 Å². The lowest BCUT2D eigenvalue weighted by Gasteiger charge is -2.39. The Kier molecular flexibility index (Phi) is 5.15. The van der Waals surface area contributed by atoms with Crippen LogP contribution in [0, 0.1) is 0 Å². The molecule has 1 saturated carbocycles. The SMILES string of the molecule is O=C(COC1(CN2C(=O)c3ccccc3C2=O)CCCCC1)C(=O)NO. The van der Waals surface area contributed by atoms with E-state index in [1.54, 1.807) is 24.3 Å². The average Bonchev–Trinajstić information content (AvgIpc) is 2.91. The number of hydrogen-bond acceptors (Lipinski definition) is 6. The van der Waals surface area contributed by atoms with Gasteiger partial charge in [0, 0.05) is 0 Å². The first-order valence-electron chi connectivity index (χ1n) is 8.54. The fourth-order valence-corrected chi connectivity index (χ4v) is 3.56. The third-order valence-corrected chi connectivity index (χ3v) is 4.95. The minimum Gasteiger partial charge on any atom is -0.365 e. The van der Waals surface area contributed by atoms with Gasteiger partial charge in [-0.15, -0.1) is 0 Å². The van der Waals surface area contributed by atoms with Crippen molar-refractivity contribution in [3.05, 3.63) is 35.4 Å². The molecule has 2 N–H and O–H groups in total. The minimum atomic E-state index is -1.16. The van der Waals surface area contributed by atoms with Gasteiger partial charge >= 0.3 is 5.91 Å². The van der Waals surface area contributed by atoms with Gasteiger partial charge in [-0.1, -0.05) is 31.4 Å². The zero-order valence-electron chi connectivity index (χ0n) is 14.2. The molecular formula is C18H20N2O6. The average molecular weight is 360 g/mol. The van der Waals surface area contributed by atoms with E-state index in [-0.39, 0.29) is 18.4 Å². The smallest absolute Gasteiger partial charge is 0.313 e. The molecule has 0 unspecified atom stereocenters. The second-order valence-electron chi connectivity index (χ2n) is 6.64. The highest BCUT2D eigenvalue weighted by Crippen LogP contribution is 2.35. The number of ketones is 1. The molecule has 0 aromatic heterocycles. The van der Waals surface area contributed by atoms with Crippen LogP contribution in [0.25, 0.3) is 0 Å². The predicted octanol–water partition coefficient (Wildman–Crippen LogP) is 1.08. The summed E-state index contributed by atoms with van der Waals surface area (Å²) < 4.78 is 5.75. The highest BCUT2D eigenvalue weighted by molar-refractivity contribution is 6.36. The number of benzene rings is 1. The zero-order chi connectivity index (χ0) is 18.7. The van der Waals surface area contributed by atoms with Crippen molar-refractivity contribution in [3.63, 3.8) is 0 Å². The number of Topliss-reactive ketones (excluding diaryl/α,β-unsaturated/α-hetero) is 1. The van der Waals surface area contributed by atoms with E-state index >= 15 is 0 Å². The maximum absolute atomic E-state index is 12.6. The molecule has 0 bridgehead atoms. The number of hydrogen-bond donors (Lipinski definition) is 2. The summed E-state index contributed by atoms with van der Waals surface area (Å²) in [5.41, 5.74) is 1.13. The van der Waals surface area contributed by atoms with Gasteiger partial charge < -0.3 is 4.74 Å². The van der Waals surface area contributed by atoms with Gasteiger partial charge in [0.2, 0.25) is 5.78 Å². The molecule has 0 radical (unpaired) electrons. The van der Waals surface area contributed by atoms with Crippen LogP contribution in [0.1, 0.15) is 52.8 Å². The molecular weight excluding hydrogens is 340 g/mol. The van der Waals surface area contributed by atoms with E-state index in [0.29, 0.717) is 24.0 Å². The van der Waals surface area contributed by atoms with Gasteiger partial charge in [0.05, 0.1) is 23.3 Å². The fourth-order valence-electron chi connectivity index (χ4n) is 3.56. The van der Waals surface area contributed by atoms with Crippen molar-refractivity contribution < 1.29 is 29.1 Å². The molecule has 1 aliphatic heterocycles. The van der Waals surface area contributed by atoms with E-state index in [1.165, 1.54) is 5.48 Å². The Balaban J connectivity index is 1.77. The number of ether oxygens (including phenoxy) is 1. The molecule has 8 heteroatoms. The van der Waals surface area contributed by atoms with Gasteiger partial charge in [0.1, 0.15) is 6.61 Å². The molecule has 1 fully saturated rings. The summed E-state index contributed by atoms with van der Waals surface area (Å²) in [6.45, 7) is -0.483. The third-order valence-electron chi connectivity index (χ3n) is 4.95. The first-order chi connectivity index (χ1) is 12.5. The molecule has 138 valence electrons. The number of fused-ring (bicyclic) bond motifs is 1. The summed E-state index contributed by atoms with van der Waals surface area (Å²) in [7, 11) is 0. The number of nitrogens with one attached hydrogen (secondary N) is 1. The minimum absolute atomic E-state index is 0.0351. The van der Waals surface area contributed by atoms with Crippen molar-refractivity contribution in [3.8, 4) is 0 Å². The predicted molar refractivity (Wildman–Crippen MR) is 88.5 cm³/mol. The van der Waals surface area contributed by atoms with E-state index in [1.807, 2.05) is 0 Å². The van der Waals surface area contributed by atoms with Crippen molar-refractivity contribution >= 4 is 23.5 Å². The van der Waals surface area contributed by atoms with E-state index in [9.17, 15) is 19.2 Å². The van der Waals surface area contributed by atoms with Crippen LogP contribution < -0.4 is 5.48 Å². The highest BCUT2D eigenvalue weighted by Gasteiger charge is 2.43. The number of carbonyl (C=O) groups excluding carboxylic acids is 4. The largest absolute Gasteiger partial charge is 0.365 e. The molecule has 3 rings (SSSR count). The monoisotopic (exact) mass is 360 g/mol. The normalized spacial score (nSPS) is 18.6. The Morgan fingerprint density at radius 3 is 2.19 bits per heavy atom. The first kappa shape index (κ1) is 18.2. The molecule has 8 nitrogen and oxygen atoms in total. The zero-order valence-corrected chi connectivity index (χ0v) is 14.2. The summed E-state index contributed by atoms with van der Waals surface area (Å²) in [4.78, 5) is 49.2. The van der Waals surface area contributed by atoms with Gasteiger partial charge in [-0.05, 0) is 25.0 Å². The maximum atomic E-state index is 12.6. The van der Waals surface area contributed by atoms with Crippen LogP contribution in [0.5, 0.6) is 0 Å². The number of carbonyl (C=O) groups is 4. The lowest BCUT2D eigenvalue weighted by molar-refractivity contribution is -0.151. The number of nitrogens with zero attached hydrogens (tertiary/aromatic N) is 1. The van der Waals surface area contributed by atoms with Gasteiger partial charge in [0.25, 0.3) is 11.8 Å². The summed E-state index contributed by atoms with van der Waals surface area (Å²) in [6, 6.07) is 6.62. The molecule has 0 spiro atoms. The van der Waals surface area contributed by atoms with Crippen molar-refractivity contribution in [2.75, 3.05) is 13.2 Å². The number of imide groups is 1. The topological polar surface area (TPSA) is 113 Å². The molecule has 3 amide bonds. The van der Waals surface area contributed by atoms with Crippen molar-refractivity contribution in [1.29, 1.82) is 0 Å². The van der Waals surface area contributed by atoms with Crippen LogP contribution in [-0.2, 0) is 14.3 Å². The highest BCUT2D eigenvalue weighted by atomic mass is 16.5. The van der Waals surface area contributed by atoms with Crippen LogP contribution in [-0.4, -0.2) is 52.4 Å². The molecule has 26 heavy (non-hydrogen) atoms. The second-order valence-corrected chi connectivity index (χ2v) is 6.64. The molecule has 1 aromatic carbocycles. The number of rotatable bonds is 6.